The first-order valence-electron chi connectivity index (χ1n) is 6.84. The highest BCUT2D eigenvalue weighted by molar-refractivity contribution is 5.75. The average molecular weight is 272 g/mol. The first-order valence-corrected chi connectivity index (χ1v) is 6.84. The number of amides is 2. The van der Waals surface area contributed by atoms with Crippen molar-refractivity contribution < 1.29 is 19.4 Å². The number of carbonyl (C=O) groups is 2. The summed E-state index contributed by atoms with van der Waals surface area (Å²) in [6, 6.07) is 0.128. The fraction of sp³-hybridized carbons (Fsp3) is 0.846. The Morgan fingerprint density at radius 1 is 1.47 bits per heavy atom. The summed E-state index contributed by atoms with van der Waals surface area (Å²) >= 11 is 0. The summed E-state index contributed by atoms with van der Waals surface area (Å²) in [6.45, 7) is 8.03. The van der Waals surface area contributed by atoms with Crippen LogP contribution in [0.4, 0.5) is 4.79 Å². The molecule has 2 amide bonds. The van der Waals surface area contributed by atoms with E-state index >= 15 is 0 Å². The number of carbonyl (C=O) groups excluding carboxylic acids is 1. The Morgan fingerprint density at radius 3 is 2.68 bits per heavy atom. The van der Waals surface area contributed by atoms with E-state index < -0.39 is 12.1 Å². The Bertz CT molecular complexity index is 320. The highest BCUT2D eigenvalue weighted by atomic mass is 16.5. The van der Waals surface area contributed by atoms with Gasteiger partial charge in [-0.3, -0.25) is 4.79 Å². The van der Waals surface area contributed by atoms with Crippen LogP contribution in [0.25, 0.3) is 0 Å². The van der Waals surface area contributed by atoms with E-state index in [0.717, 1.165) is 13.0 Å². The predicted molar refractivity (Wildman–Crippen MR) is 71.1 cm³/mol. The molecule has 1 heterocycles. The summed E-state index contributed by atoms with van der Waals surface area (Å²) in [5.41, 5.74) is 0. The van der Waals surface area contributed by atoms with Crippen molar-refractivity contribution in [3.63, 3.8) is 0 Å². The summed E-state index contributed by atoms with van der Waals surface area (Å²) < 4.78 is 5.38. The van der Waals surface area contributed by atoms with E-state index in [-0.39, 0.29) is 18.5 Å². The summed E-state index contributed by atoms with van der Waals surface area (Å²) in [7, 11) is 0. The van der Waals surface area contributed by atoms with Gasteiger partial charge in [-0.1, -0.05) is 6.92 Å². The van der Waals surface area contributed by atoms with Crippen LogP contribution in [-0.2, 0) is 9.53 Å². The normalized spacial score (nSPS) is 19.6. The van der Waals surface area contributed by atoms with Crippen LogP contribution in [0.3, 0.4) is 0 Å². The molecule has 6 nitrogen and oxygen atoms in total. The van der Waals surface area contributed by atoms with Crippen molar-refractivity contribution in [2.75, 3.05) is 26.2 Å². The molecule has 0 aliphatic carbocycles. The lowest BCUT2D eigenvalue weighted by Gasteiger charge is -2.37. The van der Waals surface area contributed by atoms with Crippen LogP contribution in [0, 0.1) is 0 Å². The molecule has 1 aliphatic rings. The second kappa shape index (κ2) is 7.33. The minimum absolute atomic E-state index is 0.0180. The topological polar surface area (TPSA) is 70.1 Å². The van der Waals surface area contributed by atoms with Crippen molar-refractivity contribution in [1.82, 2.24) is 9.80 Å². The SMILES string of the molecule is CCCN(C(=O)N1CCOC(CC(=O)O)C1)C(C)C. The quantitative estimate of drug-likeness (QED) is 0.821. The molecule has 6 heteroatoms. The summed E-state index contributed by atoms with van der Waals surface area (Å²) in [5, 5.41) is 8.78. The van der Waals surface area contributed by atoms with E-state index in [1.54, 1.807) is 4.90 Å². The zero-order valence-electron chi connectivity index (χ0n) is 12.0. The van der Waals surface area contributed by atoms with Crippen LogP contribution in [0.2, 0.25) is 0 Å². The number of nitrogens with zero attached hydrogens (tertiary/aromatic N) is 2. The molecule has 0 aromatic heterocycles. The zero-order chi connectivity index (χ0) is 14.4. The molecular weight excluding hydrogens is 248 g/mol. The maximum atomic E-state index is 12.4. The summed E-state index contributed by atoms with van der Waals surface area (Å²) in [6.07, 6.45) is 0.456. The molecule has 1 aliphatic heterocycles. The van der Waals surface area contributed by atoms with Crippen LogP contribution >= 0.6 is 0 Å². The first kappa shape index (κ1) is 15.8. The molecule has 0 aromatic rings. The van der Waals surface area contributed by atoms with Gasteiger partial charge in [-0.2, -0.15) is 0 Å². The number of morpholine rings is 1. The van der Waals surface area contributed by atoms with E-state index in [0.29, 0.717) is 19.7 Å². The highest BCUT2D eigenvalue weighted by Crippen LogP contribution is 2.13. The van der Waals surface area contributed by atoms with Gasteiger partial charge in [-0.15, -0.1) is 0 Å². The Kier molecular flexibility index (Phi) is 6.08. The van der Waals surface area contributed by atoms with Crippen LogP contribution < -0.4 is 0 Å². The van der Waals surface area contributed by atoms with E-state index in [2.05, 4.69) is 0 Å². The molecule has 0 radical (unpaired) electrons. The summed E-state index contributed by atoms with van der Waals surface area (Å²) in [4.78, 5) is 26.6. The Hall–Kier alpha value is -1.30. The molecule has 1 saturated heterocycles. The highest BCUT2D eigenvalue weighted by Gasteiger charge is 2.29. The lowest BCUT2D eigenvalue weighted by molar-refractivity contribution is -0.141. The van der Waals surface area contributed by atoms with E-state index in [9.17, 15) is 9.59 Å². The summed E-state index contributed by atoms with van der Waals surface area (Å²) in [5.74, 6) is -0.895. The van der Waals surface area contributed by atoms with Crippen molar-refractivity contribution in [3.8, 4) is 0 Å². The van der Waals surface area contributed by atoms with Crippen LogP contribution in [-0.4, -0.2) is 65.3 Å². The standard InChI is InChI=1S/C13H24N2O4/c1-4-5-15(10(2)3)13(18)14-6-7-19-11(9-14)8-12(16)17/h10-11H,4-9H2,1-3H3,(H,16,17). The fourth-order valence-corrected chi connectivity index (χ4v) is 2.21. The van der Waals surface area contributed by atoms with Crippen molar-refractivity contribution in [2.45, 2.75) is 45.8 Å². The van der Waals surface area contributed by atoms with Gasteiger partial charge >= 0.3 is 12.0 Å². The fourth-order valence-electron chi connectivity index (χ4n) is 2.21. The molecule has 0 bridgehead atoms. The van der Waals surface area contributed by atoms with Crippen LogP contribution in [0.5, 0.6) is 0 Å². The Labute approximate surface area is 114 Å². The number of hydrogen-bond donors (Lipinski definition) is 1. The van der Waals surface area contributed by atoms with Crippen molar-refractivity contribution in [1.29, 1.82) is 0 Å². The van der Waals surface area contributed by atoms with Gasteiger partial charge in [-0.25, -0.2) is 4.79 Å². The van der Waals surface area contributed by atoms with Gasteiger partial charge in [0.2, 0.25) is 0 Å². The molecule has 0 aromatic carbocycles. The number of rotatable bonds is 5. The van der Waals surface area contributed by atoms with E-state index in [4.69, 9.17) is 9.84 Å². The first-order chi connectivity index (χ1) is 8.95. The molecule has 0 saturated carbocycles. The van der Waals surface area contributed by atoms with E-state index in [1.807, 2.05) is 25.7 Å². The maximum Gasteiger partial charge on any atom is 0.320 e. The van der Waals surface area contributed by atoms with Gasteiger partial charge in [0.25, 0.3) is 0 Å². The second-order valence-electron chi connectivity index (χ2n) is 5.11. The lowest BCUT2D eigenvalue weighted by atomic mass is 10.2. The molecule has 1 atom stereocenters. The largest absolute Gasteiger partial charge is 0.481 e. The zero-order valence-corrected chi connectivity index (χ0v) is 12.0. The van der Waals surface area contributed by atoms with Crippen molar-refractivity contribution in [2.24, 2.45) is 0 Å². The number of carboxylic acids is 1. The Balaban J connectivity index is 2.61. The van der Waals surface area contributed by atoms with Gasteiger partial charge in [0, 0.05) is 25.7 Å². The molecule has 110 valence electrons. The van der Waals surface area contributed by atoms with Crippen LogP contribution in [0.15, 0.2) is 0 Å². The number of hydrogen-bond acceptors (Lipinski definition) is 3. The van der Waals surface area contributed by atoms with Crippen molar-refractivity contribution in [3.05, 3.63) is 0 Å². The van der Waals surface area contributed by atoms with Gasteiger partial charge < -0.3 is 19.6 Å². The smallest absolute Gasteiger partial charge is 0.320 e. The minimum Gasteiger partial charge on any atom is -0.481 e. The average Bonchev–Trinajstić information content (AvgIpc) is 2.34. The monoisotopic (exact) mass is 272 g/mol. The van der Waals surface area contributed by atoms with Gasteiger partial charge in [0.05, 0.1) is 19.1 Å². The van der Waals surface area contributed by atoms with Gasteiger partial charge in [-0.05, 0) is 20.3 Å². The Morgan fingerprint density at radius 2 is 2.16 bits per heavy atom. The molecular formula is C13H24N2O4. The van der Waals surface area contributed by atoms with Gasteiger partial charge in [0.1, 0.15) is 0 Å². The van der Waals surface area contributed by atoms with Gasteiger partial charge in [0.15, 0.2) is 0 Å². The molecule has 1 fully saturated rings. The molecule has 1 unspecified atom stereocenters. The third kappa shape index (κ3) is 4.70. The number of aliphatic carboxylic acids is 1. The van der Waals surface area contributed by atoms with Crippen molar-refractivity contribution >= 4 is 12.0 Å². The third-order valence-corrected chi connectivity index (χ3v) is 3.15. The minimum atomic E-state index is -0.895. The predicted octanol–water partition coefficient (Wildman–Crippen LogP) is 1.40. The number of urea groups is 1. The van der Waals surface area contributed by atoms with Crippen LogP contribution in [0.1, 0.15) is 33.6 Å². The van der Waals surface area contributed by atoms with E-state index in [1.165, 1.54) is 0 Å². The third-order valence-electron chi connectivity index (χ3n) is 3.15. The second-order valence-corrected chi connectivity index (χ2v) is 5.11. The molecule has 1 rings (SSSR count). The molecule has 0 spiro atoms. The number of carboxylic acid groups (broad SMARTS) is 1. The maximum absolute atomic E-state index is 12.4. The molecule has 1 N–H and O–H groups in total. The number of ether oxygens (including phenoxy) is 1. The molecule has 19 heavy (non-hydrogen) atoms. The lowest BCUT2D eigenvalue weighted by Crippen LogP contribution is -2.53.